The molecule has 0 bridgehead atoms. The Hall–Kier alpha value is -0.350. The molecule has 2 rings (SSSR count). The SMILES string of the molecule is Cc1[nH]nc2sc(Br)cc12. The summed E-state index contributed by atoms with van der Waals surface area (Å²) < 4.78 is 1.14. The van der Waals surface area contributed by atoms with Crippen LogP contribution in [0.5, 0.6) is 0 Å². The van der Waals surface area contributed by atoms with Gasteiger partial charge in [-0.1, -0.05) is 0 Å². The zero-order valence-electron chi connectivity index (χ0n) is 5.31. The van der Waals surface area contributed by atoms with E-state index in [2.05, 4.69) is 32.2 Å². The van der Waals surface area contributed by atoms with Gasteiger partial charge in [0.05, 0.1) is 3.79 Å². The molecule has 0 saturated heterocycles. The van der Waals surface area contributed by atoms with E-state index in [1.807, 2.05) is 6.92 Å². The first-order valence-corrected chi connectivity index (χ1v) is 4.48. The molecule has 0 saturated carbocycles. The van der Waals surface area contributed by atoms with Crippen molar-refractivity contribution in [3.05, 3.63) is 15.5 Å². The Morgan fingerprint density at radius 2 is 2.50 bits per heavy atom. The molecule has 0 aromatic carbocycles. The minimum atomic E-state index is 1.07. The molecular weight excluding hydrogens is 212 g/mol. The number of rotatable bonds is 0. The van der Waals surface area contributed by atoms with Gasteiger partial charge in [0, 0.05) is 11.1 Å². The van der Waals surface area contributed by atoms with Gasteiger partial charge < -0.3 is 0 Å². The van der Waals surface area contributed by atoms with Crippen molar-refractivity contribution in [1.29, 1.82) is 0 Å². The van der Waals surface area contributed by atoms with Crippen LogP contribution in [0.2, 0.25) is 0 Å². The number of hydrogen-bond acceptors (Lipinski definition) is 2. The van der Waals surface area contributed by atoms with Crippen molar-refractivity contribution in [1.82, 2.24) is 10.2 Å². The van der Waals surface area contributed by atoms with E-state index in [4.69, 9.17) is 0 Å². The smallest absolute Gasteiger partial charge is 0.146 e. The molecule has 10 heavy (non-hydrogen) atoms. The summed E-state index contributed by atoms with van der Waals surface area (Å²) in [6, 6.07) is 2.08. The third kappa shape index (κ3) is 0.793. The predicted molar refractivity (Wildman–Crippen MR) is 46.4 cm³/mol. The number of aryl methyl sites for hydroxylation is 1. The first kappa shape index (κ1) is 6.37. The number of hydrogen-bond donors (Lipinski definition) is 1. The molecule has 2 aromatic rings. The Balaban J connectivity index is 2.90. The Labute approximate surface area is 70.4 Å². The van der Waals surface area contributed by atoms with Gasteiger partial charge >= 0.3 is 0 Å². The standard InChI is InChI=1S/C6H5BrN2S/c1-3-4-2-5(7)10-6(4)9-8-3/h2H,1H3,(H,8,9). The van der Waals surface area contributed by atoms with E-state index >= 15 is 0 Å². The second-order valence-electron chi connectivity index (χ2n) is 2.12. The van der Waals surface area contributed by atoms with E-state index in [1.54, 1.807) is 11.3 Å². The number of fused-ring (bicyclic) bond motifs is 1. The summed E-state index contributed by atoms with van der Waals surface area (Å²) in [7, 11) is 0. The molecule has 0 aliphatic rings. The molecule has 0 fully saturated rings. The Kier molecular flexibility index (Phi) is 1.32. The number of halogens is 1. The average molecular weight is 217 g/mol. The van der Waals surface area contributed by atoms with Gasteiger partial charge in [-0.3, -0.25) is 5.10 Å². The molecule has 0 aliphatic heterocycles. The third-order valence-corrected chi connectivity index (χ3v) is 2.94. The van der Waals surface area contributed by atoms with Crippen molar-refractivity contribution in [2.45, 2.75) is 6.92 Å². The second kappa shape index (κ2) is 2.07. The second-order valence-corrected chi connectivity index (χ2v) is 4.53. The minimum absolute atomic E-state index is 1.07. The molecule has 0 radical (unpaired) electrons. The van der Waals surface area contributed by atoms with Crippen LogP contribution in [-0.4, -0.2) is 10.2 Å². The van der Waals surface area contributed by atoms with Crippen LogP contribution in [-0.2, 0) is 0 Å². The maximum Gasteiger partial charge on any atom is 0.146 e. The summed E-state index contributed by atoms with van der Waals surface area (Å²) in [6.45, 7) is 2.02. The van der Waals surface area contributed by atoms with E-state index in [-0.39, 0.29) is 0 Å². The number of aromatic amines is 1. The molecule has 0 spiro atoms. The van der Waals surface area contributed by atoms with Gasteiger partial charge in [-0.2, -0.15) is 5.10 Å². The highest BCUT2D eigenvalue weighted by molar-refractivity contribution is 9.11. The van der Waals surface area contributed by atoms with E-state index < -0.39 is 0 Å². The van der Waals surface area contributed by atoms with Crippen LogP contribution >= 0.6 is 27.3 Å². The molecule has 2 heterocycles. The van der Waals surface area contributed by atoms with Crippen LogP contribution in [0, 0.1) is 6.92 Å². The molecule has 2 aromatic heterocycles. The molecule has 0 amide bonds. The summed E-state index contributed by atoms with van der Waals surface area (Å²) in [4.78, 5) is 1.07. The molecule has 2 nitrogen and oxygen atoms in total. The molecule has 0 unspecified atom stereocenters. The van der Waals surface area contributed by atoms with Gasteiger partial charge in [-0.15, -0.1) is 11.3 Å². The van der Waals surface area contributed by atoms with E-state index in [0.29, 0.717) is 0 Å². The van der Waals surface area contributed by atoms with Gasteiger partial charge in [0.15, 0.2) is 0 Å². The summed E-state index contributed by atoms with van der Waals surface area (Å²) in [6.07, 6.45) is 0. The van der Waals surface area contributed by atoms with Crippen molar-refractivity contribution in [2.24, 2.45) is 0 Å². The van der Waals surface area contributed by atoms with Crippen molar-refractivity contribution in [3.8, 4) is 0 Å². The zero-order chi connectivity index (χ0) is 7.14. The lowest BCUT2D eigenvalue weighted by atomic mass is 10.3. The highest BCUT2D eigenvalue weighted by atomic mass is 79.9. The Bertz CT molecular complexity index is 363. The highest BCUT2D eigenvalue weighted by Gasteiger charge is 2.03. The molecule has 1 N–H and O–H groups in total. The Morgan fingerprint density at radius 3 is 3.20 bits per heavy atom. The van der Waals surface area contributed by atoms with E-state index in [1.165, 1.54) is 5.39 Å². The van der Waals surface area contributed by atoms with Gasteiger partial charge in [0.25, 0.3) is 0 Å². The fraction of sp³-hybridized carbons (Fsp3) is 0.167. The monoisotopic (exact) mass is 216 g/mol. The summed E-state index contributed by atoms with van der Waals surface area (Å²) >= 11 is 5.05. The van der Waals surface area contributed by atoms with Crippen LogP contribution in [0.15, 0.2) is 9.85 Å². The fourth-order valence-corrected chi connectivity index (χ4v) is 2.36. The minimum Gasteiger partial charge on any atom is -0.281 e. The highest BCUT2D eigenvalue weighted by Crippen LogP contribution is 2.29. The quantitative estimate of drug-likeness (QED) is 0.722. The van der Waals surface area contributed by atoms with Gasteiger partial charge in [0.1, 0.15) is 4.83 Å². The van der Waals surface area contributed by atoms with Crippen molar-refractivity contribution >= 4 is 37.5 Å². The first-order valence-electron chi connectivity index (χ1n) is 2.87. The lowest BCUT2D eigenvalue weighted by Crippen LogP contribution is -1.68. The number of H-pyrrole nitrogens is 1. The number of thiophene rings is 1. The predicted octanol–water partition coefficient (Wildman–Crippen LogP) is 2.70. The van der Waals surface area contributed by atoms with Crippen LogP contribution in [0.4, 0.5) is 0 Å². The van der Waals surface area contributed by atoms with Crippen LogP contribution in [0.3, 0.4) is 0 Å². The van der Waals surface area contributed by atoms with Gasteiger partial charge in [-0.25, -0.2) is 0 Å². The van der Waals surface area contributed by atoms with Crippen molar-refractivity contribution < 1.29 is 0 Å². The average Bonchev–Trinajstić information content (AvgIpc) is 2.35. The van der Waals surface area contributed by atoms with Crippen molar-refractivity contribution in [3.63, 3.8) is 0 Å². The molecule has 0 aliphatic carbocycles. The van der Waals surface area contributed by atoms with Crippen LogP contribution < -0.4 is 0 Å². The van der Waals surface area contributed by atoms with Gasteiger partial charge in [0.2, 0.25) is 0 Å². The normalized spacial score (nSPS) is 11.0. The number of aromatic nitrogens is 2. The topological polar surface area (TPSA) is 28.7 Å². The lowest BCUT2D eigenvalue weighted by Gasteiger charge is -1.76. The molecular formula is C6H5BrN2S. The fourth-order valence-electron chi connectivity index (χ4n) is 0.899. The number of nitrogens with one attached hydrogen (secondary N) is 1. The number of nitrogens with zero attached hydrogens (tertiary/aromatic N) is 1. The third-order valence-electron chi connectivity index (χ3n) is 1.41. The molecule has 52 valence electrons. The van der Waals surface area contributed by atoms with E-state index in [9.17, 15) is 0 Å². The Morgan fingerprint density at radius 1 is 1.70 bits per heavy atom. The van der Waals surface area contributed by atoms with E-state index in [0.717, 1.165) is 14.3 Å². The van der Waals surface area contributed by atoms with Crippen molar-refractivity contribution in [2.75, 3.05) is 0 Å². The summed E-state index contributed by atoms with van der Waals surface area (Å²) in [5.41, 5.74) is 1.14. The van der Waals surface area contributed by atoms with Gasteiger partial charge in [-0.05, 0) is 28.9 Å². The van der Waals surface area contributed by atoms with Crippen LogP contribution in [0.25, 0.3) is 10.2 Å². The zero-order valence-corrected chi connectivity index (χ0v) is 7.71. The van der Waals surface area contributed by atoms with Crippen LogP contribution in [0.1, 0.15) is 5.69 Å². The molecule has 0 atom stereocenters. The molecule has 4 heteroatoms. The maximum absolute atomic E-state index is 4.10. The summed E-state index contributed by atoms with van der Waals surface area (Å²) in [5.74, 6) is 0. The largest absolute Gasteiger partial charge is 0.281 e. The maximum atomic E-state index is 4.10. The summed E-state index contributed by atoms with van der Waals surface area (Å²) in [5, 5.41) is 8.25. The first-order chi connectivity index (χ1) is 4.77. The lowest BCUT2D eigenvalue weighted by molar-refractivity contribution is 1.07.